The van der Waals surface area contributed by atoms with Crippen molar-refractivity contribution in [3.05, 3.63) is 59.3 Å². The van der Waals surface area contributed by atoms with Crippen LogP contribution in [0.4, 0.5) is 0 Å². The van der Waals surface area contributed by atoms with Crippen molar-refractivity contribution in [1.29, 1.82) is 0 Å². The first-order valence-corrected chi connectivity index (χ1v) is 11.1. The highest BCUT2D eigenvalue weighted by Crippen LogP contribution is 2.34. The van der Waals surface area contributed by atoms with Gasteiger partial charge in [-0.2, -0.15) is 10.2 Å². The molecule has 4 heterocycles. The van der Waals surface area contributed by atoms with Crippen LogP contribution in [0, 0.1) is 0 Å². The number of pyridine rings is 1. The summed E-state index contributed by atoms with van der Waals surface area (Å²) < 4.78 is 7.98. The zero-order valence-electron chi connectivity index (χ0n) is 17.7. The van der Waals surface area contributed by atoms with Crippen molar-refractivity contribution >= 4 is 39.4 Å². The average Bonchev–Trinajstić information content (AvgIpc) is 3.16. The molecule has 1 fully saturated rings. The highest BCUT2D eigenvalue weighted by Gasteiger charge is 2.27. The van der Waals surface area contributed by atoms with Gasteiger partial charge in [-0.25, -0.2) is 4.98 Å². The molecular formula is C23H23ClN6O2. The van der Waals surface area contributed by atoms with E-state index in [9.17, 15) is 4.79 Å². The van der Waals surface area contributed by atoms with Crippen molar-refractivity contribution in [2.75, 3.05) is 6.61 Å². The van der Waals surface area contributed by atoms with Crippen LogP contribution >= 0.6 is 11.6 Å². The van der Waals surface area contributed by atoms with E-state index >= 15 is 0 Å². The Balaban J connectivity index is 1.53. The van der Waals surface area contributed by atoms with Gasteiger partial charge in [0, 0.05) is 29.3 Å². The summed E-state index contributed by atoms with van der Waals surface area (Å²) in [5.74, 6) is 0.590. The van der Waals surface area contributed by atoms with Gasteiger partial charge in [0.2, 0.25) is 5.91 Å². The summed E-state index contributed by atoms with van der Waals surface area (Å²) >= 11 is 6.32. The van der Waals surface area contributed by atoms with Crippen LogP contribution in [-0.2, 0) is 22.5 Å². The maximum absolute atomic E-state index is 12.8. The smallest absolute Gasteiger partial charge is 0.227 e. The maximum atomic E-state index is 12.8. The fourth-order valence-corrected chi connectivity index (χ4v) is 4.52. The second-order valence-corrected chi connectivity index (χ2v) is 8.52. The number of ether oxygens (including phenoxy) is 1. The van der Waals surface area contributed by atoms with Crippen LogP contribution in [0.1, 0.15) is 37.3 Å². The third-order valence-corrected chi connectivity index (χ3v) is 6.02. The Kier molecular flexibility index (Phi) is 5.71. The van der Waals surface area contributed by atoms with Crippen LogP contribution in [0.25, 0.3) is 21.9 Å². The van der Waals surface area contributed by atoms with Gasteiger partial charge >= 0.3 is 0 Å². The molecule has 0 aliphatic carbocycles. The Labute approximate surface area is 190 Å². The molecule has 0 radical (unpaired) electrons. The summed E-state index contributed by atoms with van der Waals surface area (Å²) in [5, 5.41) is 12.4. The lowest BCUT2D eigenvalue weighted by Gasteiger charge is -2.30. The molecule has 8 nitrogen and oxygen atoms in total. The molecule has 1 aromatic carbocycles. The first kappa shape index (κ1) is 20.8. The Hall–Kier alpha value is -3.10. The number of aromatic nitrogens is 5. The monoisotopic (exact) mass is 450 g/mol. The van der Waals surface area contributed by atoms with Crippen molar-refractivity contribution in [3.63, 3.8) is 0 Å². The number of rotatable bonds is 5. The number of hydrogen-bond donors (Lipinski definition) is 1. The van der Waals surface area contributed by atoms with E-state index in [1.165, 1.54) is 0 Å². The lowest BCUT2D eigenvalue weighted by molar-refractivity contribution is -0.120. The number of carbonyl (C=O) groups excluding carboxylic acids is 1. The summed E-state index contributed by atoms with van der Waals surface area (Å²) in [4.78, 5) is 22.2. The zero-order chi connectivity index (χ0) is 22.1. The van der Waals surface area contributed by atoms with Gasteiger partial charge in [0.15, 0.2) is 0 Å². The first-order chi connectivity index (χ1) is 15.6. The third-order valence-electron chi connectivity index (χ3n) is 5.79. The van der Waals surface area contributed by atoms with Gasteiger partial charge in [-0.1, -0.05) is 11.6 Å². The highest BCUT2D eigenvalue weighted by atomic mass is 35.5. The largest absolute Gasteiger partial charge is 0.378 e. The molecule has 1 saturated heterocycles. The summed E-state index contributed by atoms with van der Waals surface area (Å²) in [6.07, 6.45) is 5.38. The predicted octanol–water partition coefficient (Wildman–Crippen LogP) is 3.63. The minimum Gasteiger partial charge on any atom is -0.378 e. The number of benzene rings is 1. The van der Waals surface area contributed by atoms with Crippen LogP contribution in [0.3, 0.4) is 0 Å². The quantitative estimate of drug-likeness (QED) is 0.499. The second kappa shape index (κ2) is 8.80. The number of carbonyl (C=O) groups is 1. The molecule has 0 bridgehead atoms. The molecule has 164 valence electrons. The van der Waals surface area contributed by atoms with Crippen LogP contribution < -0.4 is 5.32 Å². The Morgan fingerprint density at radius 3 is 3.03 bits per heavy atom. The standard InChI is InChI=1S/C23H23ClN6O2/c1-14-9-17(6-8-32-14)30-21(11-22(31)26-12-16-3-2-7-27-29-16)28-20-13-25-19-5-4-15(24)10-18(19)23(20)30/h2-5,7,10,13-14,17H,6,8-9,11-12H2,1H3,(H,26,31)/t14-,17-/m1/s1. The van der Waals surface area contributed by atoms with Crippen LogP contribution in [-0.4, -0.2) is 43.4 Å². The van der Waals surface area contributed by atoms with Crippen molar-refractivity contribution in [2.24, 2.45) is 0 Å². The van der Waals surface area contributed by atoms with Crippen LogP contribution in [0.15, 0.2) is 42.7 Å². The topological polar surface area (TPSA) is 94.8 Å². The normalized spacial score (nSPS) is 18.8. The van der Waals surface area contributed by atoms with Gasteiger partial charge in [0.25, 0.3) is 0 Å². The minimum atomic E-state index is -0.123. The highest BCUT2D eigenvalue weighted by molar-refractivity contribution is 6.31. The molecule has 3 aromatic heterocycles. The van der Waals surface area contributed by atoms with Gasteiger partial charge in [-0.3, -0.25) is 9.78 Å². The fraction of sp³-hybridized carbons (Fsp3) is 0.348. The number of nitrogens with one attached hydrogen (secondary N) is 1. The van der Waals surface area contributed by atoms with E-state index < -0.39 is 0 Å². The van der Waals surface area contributed by atoms with E-state index in [0.717, 1.165) is 34.8 Å². The SMILES string of the molecule is C[C@@H]1C[C@H](n2c(CC(=O)NCc3cccnn3)nc3cnc4ccc(Cl)cc4c32)CCO1. The number of amides is 1. The summed E-state index contributed by atoms with van der Waals surface area (Å²) in [7, 11) is 0. The van der Waals surface area contributed by atoms with Crippen LogP contribution in [0.2, 0.25) is 5.02 Å². The molecule has 2 atom stereocenters. The van der Waals surface area contributed by atoms with E-state index in [1.807, 2.05) is 24.3 Å². The predicted molar refractivity (Wildman–Crippen MR) is 121 cm³/mol. The van der Waals surface area contributed by atoms with E-state index in [2.05, 4.69) is 32.0 Å². The molecule has 32 heavy (non-hydrogen) atoms. The van der Waals surface area contributed by atoms with Gasteiger partial charge in [0.05, 0.1) is 42.0 Å². The zero-order valence-corrected chi connectivity index (χ0v) is 18.4. The van der Waals surface area contributed by atoms with Gasteiger partial charge in [0.1, 0.15) is 11.3 Å². The summed E-state index contributed by atoms with van der Waals surface area (Å²) in [6, 6.07) is 9.47. The Bertz CT molecular complexity index is 1280. The number of halogens is 1. The summed E-state index contributed by atoms with van der Waals surface area (Å²) in [5.41, 5.74) is 3.28. The fourth-order valence-electron chi connectivity index (χ4n) is 4.35. The molecule has 1 N–H and O–H groups in total. The van der Waals surface area contributed by atoms with Gasteiger partial charge in [-0.15, -0.1) is 0 Å². The molecular weight excluding hydrogens is 428 g/mol. The number of fused-ring (bicyclic) bond motifs is 3. The van der Waals surface area contributed by atoms with E-state index in [-0.39, 0.29) is 24.5 Å². The lowest BCUT2D eigenvalue weighted by atomic mass is 10.0. The molecule has 0 spiro atoms. The van der Waals surface area contributed by atoms with E-state index in [4.69, 9.17) is 21.3 Å². The van der Waals surface area contributed by atoms with Gasteiger partial charge < -0.3 is 14.6 Å². The maximum Gasteiger partial charge on any atom is 0.227 e. The van der Waals surface area contributed by atoms with Gasteiger partial charge in [-0.05, 0) is 50.1 Å². The first-order valence-electron chi connectivity index (χ1n) is 10.7. The molecule has 0 unspecified atom stereocenters. The lowest BCUT2D eigenvalue weighted by Crippen LogP contribution is -2.29. The summed E-state index contributed by atoms with van der Waals surface area (Å²) in [6.45, 7) is 3.07. The Morgan fingerprint density at radius 1 is 1.31 bits per heavy atom. The third kappa shape index (κ3) is 4.16. The molecule has 1 aliphatic heterocycles. The Morgan fingerprint density at radius 2 is 2.22 bits per heavy atom. The van der Waals surface area contributed by atoms with Crippen molar-refractivity contribution < 1.29 is 9.53 Å². The van der Waals surface area contributed by atoms with E-state index in [1.54, 1.807) is 18.5 Å². The minimum absolute atomic E-state index is 0.123. The van der Waals surface area contributed by atoms with Crippen molar-refractivity contribution in [1.82, 2.24) is 30.0 Å². The molecule has 1 amide bonds. The second-order valence-electron chi connectivity index (χ2n) is 8.08. The molecule has 5 rings (SSSR count). The molecule has 0 saturated carbocycles. The molecule has 9 heteroatoms. The number of nitrogens with zero attached hydrogens (tertiary/aromatic N) is 5. The molecule has 1 aliphatic rings. The van der Waals surface area contributed by atoms with Crippen molar-refractivity contribution in [3.8, 4) is 0 Å². The van der Waals surface area contributed by atoms with Crippen molar-refractivity contribution in [2.45, 2.75) is 44.9 Å². The van der Waals surface area contributed by atoms with E-state index in [0.29, 0.717) is 29.7 Å². The average molecular weight is 451 g/mol. The number of hydrogen-bond acceptors (Lipinski definition) is 6. The molecule has 4 aromatic rings. The van der Waals surface area contributed by atoms with Crippen LogP contribution in [0.5, 0.6) is 0 Å². The number of imidazole rings is 1.